The fourth-order valence-electron chi connectivity index (χ4n) is 2.21. The zero-order valence-electron chi connectivity index (χ0n) is 12.5. The summed E-state index contributed by atoms with van der Waals surface area (Å²) in [5.41, 5.74) is 0.850. The SMILES string of the molecule is CCOC(=O)N1CCN(C(=O)CNc2ccc(Cl)cc2)CC1. The largest absolute Gasteiger partial charge is 0.450 e. The molecular formula is C15H20ClN3O3. The van der Waals surface area contributed by atoms with Gasteiger partial charge in [-0.15, -0.1) is 0 Å². The Bertz CT molecular complexity index is 513. The van der Waals surface area contributed by atoms with E-state index in [2.05, 4.69) is 5.32 Å². The zero-order valence-corrected chi connectivity index (χ0v) is 13.3. The second-order valence-electron chi connectivity index (χ2n) is 4.93. The molecule has 1 aliphatic heterocycles. The van der Waals surface area contributed by atoms with E-state index in [9.17, 15) is 9.59 Å². The molecule has 7 heteroatoms. The minimum absolute atomic E-state index is 0.0125. The molecule has 1 aliphatic rings. The molecule has 120 valence electrons. The molecule has 1 heterocycles. The molecule has 0 aromatic heterocycles. The second-order valence-corrected chi connectivity index (χ2v) is 5.36. The van der Waals surface area contributed by atoms with Crippen molar-refractivity contribution in [3.63, 3.8) is 0 Å². The van der Waals surface area contributed by atoms with Crippen molar-refractivity contribution in [3.8, 4) is 0 Å². The summed E-state index contributed by atoms with van der Waals surface area (Å²) in [4.78, 5) is 27.1. The van der Waals surface area contributed by atoms with Crippen LogP contribution in [0.25, 0.3) is 0 Å². The van der Waals surface area contributed by atoms with E-state index in [1.165, 1.54) is 0 Å². The Morgan fingerprint density at radius 1 is 1.14 bits per heavy atom. The van der Waals surface area contributed by atoms with Crippen LogP contribution in [0.1, 0.15) is 6.92 Å². The van der Waals surface area contributed by atoms with Gasteiger partial charge >= 0.3 is 6.09 Å². The molecule has 1 aromatic carbocycles. The summed E-state index contributed by atoms with van der Waals surface area (Å²) in [6, 6.07) is 7.20. The number of piperazine rings is 1. The zero-order chi connectivity index (χ0) is 15.9. The molecule has 1 aromatic rings. The van der Waals surface area contributed by atoms with Gasteiger partial charge in [-0.3, -0.25) is 4.79 Å². The lowest BCUT2D eigenvalue weighted by molar-refractivity contribution is -0.130. The number of hydrogen-bond acceptors (Lipinski definition) is 4. The molecule has 2 amide bonds. The van der Waals surface area contributed by atoms with E-state index in [1.54, 1.807) is 28.9 Å². The Morgan fingerprint density at radius 2 is 1.73 bits per heavy atom. The fourth-order valence-corrected chi connectivity index (χ4v) is 2.34. The summed E-state index contributed by atoms with van der Waals surface area (Å²) in [5, 5.41) is 3.73. The standard InChI is InChI=1S/C15H20ClN3O3/c1-2-22-15(21)19-9-7-18(8-10-19)14(20)11-17-13-5-3-12(16)4-6-13/h3-6,17H,2,7-11H2,1H3. The van der Waals surface area contributed by atoms with E-state index in [1.807, 2.05) is 12.1 Å². The van der Waals surface area contributed by atoms with Crippen molar-refractivity contribution < 1.29 is 14.3 Å². The number of amides is 2. The van der Waals surface area contributed by atoms with Crippen LogP contribution in [0.2, 0.25) is 5.02 Å². The Hall–Kier alpha value is -1.95. The highest BCUT2D eigenvalue weighted by Gasteiger charge is 2.24. The normalized spacial score (nSPS) is 14.6. The highest BCUT2D eigenvalue weighted by molar-refractivity contribution is 6.30. The third-order valence-electron chi connectivity index (χ3n) is 3.45. The first-order valence-electron chi connectivity index (χ1n) is 7.29. The molecule has 1 fully saturated rings. The molecule has 0 bridgehead atoms. The van der Waals surface area contributed by atoms with Gasteiger partial charge in [-0.05, 0) is 31.2 Å². The first kappa shape index (κ1) is 16.4. The molecule has 22 heavy (non-hydrogen) atoms. The van der Waals surface area contributed by atoms with Crippen molar-refractivity contribution in [2.45, 2.75) is 6.92 Å². The predicted molar refractivity (Wildman–Crippen MR) is 85.1 cm³/mol. The number of benzene rings is 1. The van der Waals surface area contributed by atoms with Gasteiger partial charge in [0.05, 0.1) is 13.2 Å². The van der Waals surface area contributed by atoms with Crippen LogP contribution in [-0.4, -0.2) is 61.1 Å². The van der Waals surface area contributed by atoms with Gasteiger partial charge in [0.2, 0.25) is 5.91 Å². The van der Waals surface area contributed by atoms with Crippen LogP contribution in [0.3, 0.4) is 0 Å². The molecule has 0 saturated carbocycles. The maximum absolute atomic E-state index is 12.1. The van der Waals surface area contributed by atoms with Gasteiger partial charge in [-0.25, -0.2) is 4.79 Å². The van der Waals surface area contributed by atoms with E-state index in [4.69, 9.17) is 16.3 Å². The van der Waals surface area contributed by atoms with E-state index in [0.717, 1.165) is 5.69 Å². The summed E-state index contributed by atoms with van der Waals surface area (Å²) in [6.45, 7) is 4.43. The first-order valence-corrected chi connectivity index (χ1v) is 7.67. The molecule has 1 N–H and O–H groups in total. The summed E-state index contributed by atoms with van der Waals surface area (Å²) < 4.78 is 4.95. The van der Waals surface area contributed by atoms with Gasteiger partial charge < -0.3 is 19.9 Å². The van der Waals surface area contributed by atoms with Crippen molar-refractivity contribution >= 4 is 29.3 Å². The minimum atomic E-state index is -0.311. The maximum atomic E-state index is 12.1. The van der Waals surface area contributed by atoms with Gasteiger partial charge in [0.25, 0.3) is 0 Å². The topological polar surface area (TPSA) is 61.9 Å². The lowest BCUT2D eigenvalue weighted by Gasteiger charge is -2.34. The number of rotatable bonds is 4. The molecule has 0 spiro atoms. The Labute approximate surface area is 135 Å². The van der Waals surface area contributed by atoms with E-state index < -0.39 is 0 Å². The van der Waals surface area contributed by atoms with E-state index in [-0.39, 0.29) is 18.5 Å². The van der Waals surface area contributed by atoms with Crippen LogP contribution in [0, 0.1) is 0 Å². The summed E-state index contributed by atoms with van der Waals surface area (Å²) in [5.74, 6) is 0.0125. The average molecular weight is 326 g/mol. The Balaban J connectivity index is 1.75. The van der Waals surface area contributed by atoms with E-state index in [0.29, 0.717) is 37.8 Å². The van der Waals surface area contributed by atoms with Crippen LogP contribution < -0.4 is 5.32 Å². The average Bonchev–Trinajstić information content (AvgIpc) is 2.54. The van der Waals surface area contributed by atoms with Gasteiger partial charge in [-0.2, -0.15) is 0 Å². The van der Waals surface area contributed by atoms with Crippen LogP contribution in [0.4, 0.5) is 10.5 Å². The number of nitrogens with one attached hydrogen (secondary N) is 1. The van der Waals surface area contributed by atoms with Crippen LogP contribution in [0.15, 0.2) is 24.3 Å². The summed E-state index contributed by atoms with van der Waals surface area (Å²) in [7, 11) is 0. The Kier molecular flexibility index (Phi) is 5.89. The fraction of sp³-hybridized carbons (Fsp3) is 0.467. The number of hydrogen-bond donors (Lipinski definition) is 1. The van der Waals surface area contributed by atoms with Gasteiger partial charge in [0.1, 0.15) is 0 Å². The van der Waals surface area contributed by atoms with Crippen molar-refractivity contribution in [1.29, 1.82) is 0 Å². The molecule has 0 atom stereocenters. The van der Waals surface area contributed by atoms with Crippen molar-refractivity contribution in [1.82, 2.24) is 9.80 Å². The molecule has 1 saturated heterocycles. The van der Waals surface area contributed by atoms with Crippen molar-refractivity contribution in [2.24, 2.45) is 0 Å². The van der Waals surface area contributed by atoms with Crippen molar-refractivity contribution in [2.75, 3.05) is 44.6 Å². The molecule has 0 radical (unpaired) electrons. The molecule has 0 unspecified atom stereocenters. The predicted octanol–water partition coefficient (Wildman–Crippen LogP) is 2.05. The van der Waals surface area contributed by atoms with Gasteiger partial charge in [-0.1, -0.05) is 11.6 Å². The molecular weight excluding hydrogens is 306 g/mol. The quantitative estimate of drug-likeness (QED) is 0.920. The summed E-state index contributed by atoms with van der Waals surface area (Å²) >= 11 is 5.81. The first-order chi connectivity index (χ1) is 10.6. The number of nitrogens with zero attached hydrogens (tertiary/aromatic N) is 2. The monoisotopic (exact) mass is 325 g/mol. The number of carbonyl (C=O) groups is 2. The van der Waals surface area contributed by atoms with Gasteiger partial charge in [0, 0.05) is 36.9 Å². The summed E-state index contributed by atoms with van der Waals surface area (Å²) in [6.07, 6.45) is -0.311. The molecule has 2 rings (SSSR count). The van der Waals surface area contributed by atoms with Crippen LogP contribution >= 0.6 is 11.6 Å². The Morgan fingerprint density at radius 3 is 2.32 bits per heavy atom. The van der Waals surface area contributed by atoms with Crippen LogP contribution in [0.5, 0.6) is 0 Å². The highest BCUT2D eigenvalue weighted by Crippen LogP contribution is 2.13. The van der Waals surface area contributed by atoms with Gasteiger partial charge in [0.15, 0.2) is 0 Å². The third-order valence-corrected chi connectivity index (χ3v) is 3.70. The second kappa shape index (κ2) is 7.89. The number of carbonyl (C=O) groups excluding carboxylic acids is 2. The number of anilines is 1. The third kappa shape index (κ3) is 4.53. The minimum Gasteiger partial charge on any atom is -0.450 e. The number of halogens is 1. The van der Waals surface area contributed by atoms with Crippen LogP contribution in [-0.2, 0) is 9.53 Å². The highest BCUT2D eigenvalue weighted by atomic mass is 35.5. The molecule has 0 aliphatic carbocycles. The number of ether oxygens (including phenoxy) is 1. The lowest BCUT2D eigenvalue weighted by atomic mass is 10.3. The van der Waals surface area contributed by atoms with E-state index >= 15 is 0 Å². The smallest absolute Gasteiger partial charge is 0.409 e. The molecule has 6 nitrogen and oxygen atoms in total. The maximum Gasteiger partial charge on any atom is 0.409 e. The lowest BCUT2D eigenvalue weighted by Crippen LogP contribution is -2.51. The van der Waals surface area contributed by atoms with Crippen molar-refractivity contribution in [3.05, 3.63) is 29.3 Å².